The van der Waals surface area contributed by atoms with Crippen molar-refractivity contribution in [3.8, 4) is 5.75 Å². The Kier molecular flexibility index (Phi) is 7.89. The molecule has 0 radical (unpaired) electrons. The molecule has 0 bridgehead atoms. The van der Waals surface area contributed by atoms with Gasteiger partial charge in [-0.1, -0.05) is 12.1 Å². The monoisotopic (exact) mass is 510 g/mol. The maximum Gasteiger partial charge on any atom is 0.270 e. The molecule has 2 aliphatic rings. The predicted molar refractivity (Wildman–Crippen MR) is 141 cm³/mol. The number of fused-ring (bicyclic) bond motifs is 1. The fourth-order valence-corrected chi connectivity index (χ4v) is 5.97. The van der Waals surface area contributed by atoms with Gasteiger partial charge in [0.15, 0.2) is 0 Å². The highest BCUT2D eigenvalue weighted by Gasteiger charge is 2.29. The van der Waals surface area contributed by atoms with E-state index in [1.165, 1.54) is 0 Å². The molecule has 8 nitrogen and oxygen atoms in total. The Bertz CT molecular complexity index is 1190. The first-order valence-electron chi connectivity index (χ1n) is 12.7. The van der Waals surface area contributed by atoms with Crippen LogP contribution in [0.2, 0.25) is 0 Å². The standard InChI is InChI=1S/C27H34N4O4S/c1-34-23-4-2-3-20(17-23)19-31-24(18-22-7-16-36-27(22)31)26(33)30-9-5-21(6-10-30)25(32)28-8-11-29-12-14-35-15-13-29/h2-4,7,16-18,21H,5-6,8-15,19H2,1H3,(H,28,32). The molecule has 192 valence electrons. The SMILES string of the molecule is COc1cccc(Cn2c(C(=O)N3CCC(C(=O)NCCN4CCOCC4)CC3)cc3ccsc32)c1. The molecular weight excluding hydrogens is 476 g/mol. The number of hydrogen-bond donors (Lipinski definition) is 1. The topological polar surface area (TPSA) is 76.0 Å². The smallest absolute Gasteiger partial charge is 0.270 e. The number of piperidine rings is 1. The first-order valence-corrected chi connectivity index (χ1v) is 13.6. The third-order valence-corrected chi connectivity index (χ3v) is 8.13. The molecule has 4 heterocycles. The molecule has 1 aromatic carbocycles. The molecule has 2 saturated heterocycles. The molecule has 0 unspecified atom stereocenters. The molecule has 2 amide bonds. The lowest BCUT2D eigenvalue weighted by Gasteiger charge is -2.32. The quantitative estimate of drug-likeness (QED) is 0.504. The van der Waals surface area contributed by atoms with Crippen LogP contribution in [0.5, 0.6) is 5.75 Å². The number of rotatable bonds is 8. The minimum Gasteiger partial charge on any atom is -0.497 e. The number of hydrogen-bond acceptors (Lipinski definition) is 6. The number of carbonyl (C=O) groups excluding carboxylic acids is 2. The summed E-state index contributed by atoms with van der Waals surface area (Å²) in [6.45, 7) is 6.69. The highest BCUT2D eigenvalue weighted by Crippen LogP contribution is 2.29. The van der Waals surface area contributed by atoms with Crippen LogP contribution in [0.1, 0.15) is 28.9 Å². The Labute approximate surface area is 215 Å². The van der Waals surface area contributed by atoms with Crippen molar-refractivity contribution in [2.24, 2.45) is 5.92 Å². The summed E-state index contributed by atoms with van der Waals surface area (Å²) in [6.07, 6.45) is 1.39. The summed E-state index contributed by atoms with van der Waals surface area (Å²) in [5, 5.41) is 6.24. The van der Waals surface area contributed by atoms with Gasteiger partial charge in [-0.2, -0.15) is 0 Å². The van der Waals surface area contributed by atoms with E-state index in [4.69, 9.17) is 9.47 Å². The van der Waals surface area contributed by atoms with Gasteiger partial charge in [0.25, 0.3) is 5.91 Å². The number of nitrogens with zero attached hydrogens (tertiary/aromatic N) is 3. The number of carbonyl (C=O) groups is 2. The molecule has 9 heteroatoms. The maximum absolute atomic E-state index is 13.6. The van der Waals surface area contributed by atoms with E-state index in [2.05, 4.69) is 32.3 Å². The number of thiophene rings is 1. The van der Waals surface area contributed by atoms with Crippen molar-refractivity contribution in [1.82, 2.24) is 19.7 Å². The van der Waals surface area contributed by atoms with Crippen molar-refractivity contribution < 1.29 is 19.1 Å². The largest absolute Gasteiger partial charge is 0.497 e. The highest BCUT2D eigenvalue weighted by atomic mass is 32.1. The molecule has 2 aliphatic heterocycles. The van der Waals surface area contributed by atoms with Crippen LogP contribution in [0.3, 0.4) is 0 Å². The number of benzene rings is 1. The minimum absolute atomic E-state index is 0.0347. The molecule has 2 fully saturated rings. The van der Waals surface area contributed by atoms with E-state index in [1.54, 1.807) is 18.4 Å². The van der Waals surface area contributed by atoms with Crippen LogP contribution in [0.15, 0.2) is 41.8 Å². The zero-order valence-electron chi connectivity index (χ0n) is 20.8. The van der Waals surface area contributed by atoms with Crippen LogP contribution in [0.25, 0.3) is 10.2 Å². The molecule has 0 spiro atoms. The first kappa shape index (κ1) is 24.8. The zero-order valence-corrected chi connectivity index (χ0v) is 21.6. The maximum atomic E-state index is 13.6. The van der Waals surface area contributed by atoms with Crippen LogP contribution in [0.4, 0.5) is 0 Å². The van der Waals surface area contributed by atoms with Gasteiger partial charge in [0.1, 0.15) is 16.3 Å². The Balaban J connectivity index is 1.19. The number of morpholine rings is 1. The summed E-state index contributed by atoms with van der Waals surface area (Å²) in [5.74, 6) is 0.913. The second kappa shape index (κ2) is 11.5. The summed E-state index contributed by atoms with van der Waals surface area (Å²) < 4.78 is 12.9. The minimum atomic E-state index is -0.0363. The molecule has 5 rings (SSSR count). The van der Waals surface area contributed by atoms with Gasteiger partial charge in [-0.05, 0) is 48.1 Å². The predicted octanol–water partition coefficient (Wildman–Crippen LogP) is 3.06. The fourth-order valence-electron chi connectivity index (χ4n) is 5.08. The van der Waals surface area contributed by atoms with Gasteiger partial charge in [-0.15, -0.1) is 11.3 Å². The molecule has 0 saturated carbocycles. The fraction of sp³-hybridized carbons (Fsp3) is 0.481. The van der Waals surface area contributed by atoms with Crippen LogP contribution in [0, 0.1) is 5.92 Å². The van der Waals surface area contributed by atoms with Crippen molar-refractivity contribution in [1.29, 1.82) is 0 Å². The van der Waals surface area contributed by atoms with Gasteiger partial charge in [0, 0.05) is 57.1 Å². The van der Waals surface area contributed by atoms with Crippen molar-refractivity contribution in [3.63, 3.8) is 0 Å². The molecule has 0 atom stereocenters. The van der Waals surface area contributed by atoms with E-state index in [0.717, 1.165) is 54.4 Å². The average molecular weight is 511 g/mol. The summed E-state index contributed by atoms with van der Waals surface area (Å²) in [7, 11) is 1.66. The number of ether oxygens (including phenoxy) is 2. The lowest BCUT2D eigenvalue weighted by atomic mass is 9.95. The molecule has 2 aromatic heterocycles. The number of likely N-dealkylation sites (tertiary alicyclic amines) is 1. The number of nitrogens with one attached hydrogen (secondary N) is 1. The van der Waals surface area contributed by atoms with Gasteiger partial charge >= 0.3 is 0 Å². The van der Waals surface area contributed by atoms with Crippen molar-refractivity contribution in [2.45, 2.75) is 19.4 Å². The molecule has 36 heavy (non-hydrogen) atoms. The van der Waals surface area contributed by atoms with Crippen molar-refractivity contribution >= 4 is 33.4 Å². The molecule has 1 N–H and O–H groups in total. The Hall–Kier alpha value is -2.88. The summed E-state index contributed by atoms with van der Waals surface area (Å²) >= 11 is 1.65. The second-order valence-electron chi connectivity index (χ2n) is 9.46. The first-order chi connectivity index (χ1) is 17.6. The van der Waals surface area contributed by atoms with Crippen molar-refractivity contribution in [3.05, 3.63) is 53.0 Å². The third kappa shape index (κ3) is 5.58. The average Bonchev–Trinajstić information content (AvgIpc) is 3.52. The van der Waals surface area contributed by atoms with Gasteiger partial charge in [0.2, 0.25) is 5.91 Å². The van der Waals surface area contributed by atoms with Gasteiger partial charge in [-0.3, -0.25) is 14.5 Å². The van der Waals surface area contributed by atoms with Crippen LogP contribution in [-0.2, 0) is 16.1 Å². The van der Waals surface area contributed by atoms with E-state index in [0.29, 0.717) is 44.7 Å². The van der Waals surface area contributed by atoms with Gasteiger partial charge in [0.05, 0.1) is 20.3 Å². The van der Waals surface area contributed by atoms with E-state index < -0.39 is 0 Å². The Morgan fingerprint density at radius 2 is 1.92 bits per heavy atom. The highest BCUT2D eigenvalue weighted by molar-refractivity contribution is 7.16. The Morgan fingerprint density at radius 3 is 2.69 bits per heavy atom. The van der Waals surface area contributed by atoms with Crippen LogP contribution < -0.4 is 10.1 Å². The van der Waals surface area contributed by atoms with Crippen LogP contribution >= 0.6 is 11.3 Å². The number of amides is 2. The van der Waals surface area contributed by atoms with E-state index in [-0.39, 0.29) is 17.7 Å². The lowest BCUT2D eigenvalue weighted by Crippen LogP contribution is -2.45. The molecular formula is C27H34N4O4S. The summed E-state index contributed by atoms with van der Waals surface area (Å²) in [5.41, 5.74) is 1.79. The Morgan fingerprint density at radius 1 is 1.11 bits per heavy atom. The van der Waals surface area contributed by atoms with Gasteiger partial charge < -0.3 is 24.3 Å². The van der Waals surface area contributed by atoms with Crippen LogP contribution in [-0.4, -0.2) is 85.8 Å². The number of aromatic nitrogens is 1. The normalized spacial score (nSPS) is 17.4. The molecule has 3 aromatic rings. The van der Waals surface area contributed by atoms with Gasteiger partial charge in [-0.25, -0.2) is 0 Å². The zero-order chi connectivity index (χ0) is 24.9. The third-order valence-electron chi connectivity index (χ3n) is 7.18. The van der Waals surface area contributed by atoms with E-state index >= 15 is 0 Å². The summed E-state index contributed by atoms with van der Waals surface area (Å²) in [4.78, 5) is 31.6. The second-order valence-corrected chi connectivity index (χ2v) is 10.4. The molecule has 0 aliphatic carbocycles. The van der Waals surface area contributed by atoms with E-state index in [9.17, 15) is 9.59 Å². The number of methoxy groups -OCH3 is 1. The lowest BCUT2D eigenvalue weighted by molar-refractivity contribution is -0.126. The summed E-state index contributed by atoms with van der Waals surface area (Å²) in [6, 6.07) is 12.0. The van der Waals surface area contributed by atoms with E-state index in [1.807, 2.05) is 29.2 Å². The van der Waals surface area contributed by atoms with Crippen molar-refractivity contribution in [2.75, 3.05) is 59.6 Å².